The highest BCUT2D eigenvalue weighted by atomic mass is 19.3. The number of halogens is 8. The van der Waals surface area contributed by atoms with Gasteiger partial charge in [0.1, 0.15) is 23.2 Å². The second-order valence-corrected chi connectivity index (χ2v) is 11.0. The van der Waals surface area contributed by atoms with E-state index in [0.717, 1.165) is 43.4 Å². The van der Waals surface area contributed by atoms with E-state index in [-0.39, 0.29) is 11.1 Å². The summed E-state index contributed by atoms with van der Waals surface area (Å²) in [7, 11) is 0. The highest BCUT2D eigenvalue weighted by Gasteiger charge is 2.35. The van der Waals surface area contributed by atoms with Gasteiger partial charge in [-0.05, 0) is 77.1 Å². The molecule has 5 aromatic carbocycles. The molecule has 0 unspecified atom stereocenters. The molecular formula is C38H28F8O. The predicted molar refractivity (Wildman–Crippen MR) is 167 cm³/mol. The van der Waals surface area contributed by atoms with E-state index in [0.29, 0.717) is 41.0 Å². The molecular weight excluding hydrogens is 624 g/mol. The van der Waals surface area contributed by atoms with E-state index in [9.17, 15) is 35.1 Å². The molecule has 0 aromatic heterocycles. The van der Waals surface area contributed by atoms with Gasteiger partial charge in [0.2, 0.25) is 0 Å². The monoisotopic (exact) mass is 652 g/mol. The first-order valence-electron chi connectivity index (χ1n) is 14.8. The van der Waals surface area contributed by atoms with Crippen molar-refractivity contribution in [3.8, 4) is 28.0 Å². The summed E-state index contributed by atoms with van der Waals surface area (Å²) in [5.74, 6) is -8.20. The van der Waals surface area contributed by atoms with Gasteiger partial charge in [-0.3, -0.25) is 0 Å². The minimum atomic E-state index is -3.82. The summed E-state index contributed by atoms with van der Waals surface area (Å²) in [5.41, 5.74) is 1.22. The van der Waals surface area contributed by atoms with Gasteiger partial charge in [-0.25, -0.2) is 26.3 Å². The van der Waals surface area contributed by atoms with Crippen molar-refractivity contribution in [1.29, 1.82) is 0 Å². The lowest BCUT2D eigenvalue weighted by Crippen LogP contribution is -2.22. The molecule has 0 heterocycles. The molecule has 0 N–H and O–H groups in total. The Labute approximate surface area is 266 Å². The lowest BCUT2D eigenvalue weighted by Gasteiger charge is -2.19. The third kappa shape index (κ3) is 7.91. The van der Waals surface area contributed by atoms with Crippen LogP contribution in [0.25, 0.3) is 34.4 Å². The first-order chi connectivity index (χ1) is 22.4. The number of alkyl halides is 2. The SMILES string of the molecule is CCCCCc1ccc(C(F)(F)Oc2cc(F)c(/C=C/c3ccc(-c4ccc(-c5cc(F)c(F)c(F)c5)c(F)c4)cc3)c(F)c2)cc1. The topological polar surface area (TPSA) is 9.23 Å². The number of hydrogen-bond donors (Lipinski definition) is 0. The maximum absolute atomic E-state index is 14.8. The van der Waals surface area contributed by atoms with Gasteiger partial charge in [0.15, 0.2) is 17.5 Å². The van der Waals surface area contributed by atoms with Crippen molar-refractivity contribution in [2.75, 3.05) is 0 Å². The molecule has 0 aliphatic rings. The minimum Gasteiger partial charge on any atom is -0.429 e. The summed E-state index contributed by atoms with van der Waals surface area (Å²) in [6.07, 6.45) is 2.51. The first kappa shape index (κ1) is 33.4. The molecule has 5 rings (SSSR count). The fourth-order valence-electron chi connectivity index (χ4n) is 5.04. The van der Waals surface area contributed by atoms with E-state index in [2.05, 4.69) is 6.92 Å². The lowest BCUT2D eigenvalue weighted by atomic mass is 9.98. The Morgan fingerprint density at radius 1 is 0.596 bits per heavy atom. The van der Waals surface area contributed by atoms with Crippen molar-refractivity contribution in [3.63, 3.8) is 0 Å². The van der Waals surface area contributed by atoms with Gasteiger partial charge in [0.05, 0.1) is 5.56 Å². The van der Waals surface area contributed by atoms with Gasteiger partial charge in [0, 0.05) is 23.3 Å². The summed E-state index contributed by atoms with van der Waals surface area (Å²) in [6.45, 7) is 2.07. The second kappa shape index (κ2) is 14.2. The van der Waals surface area contributed by atoms with E-state index in [1.165, 1.54) is 30.3 Å². The van der Waals surface area contributed by atoms with Crippen molar-refractivity contribution >= 4 is 12.2 Å². The molecule has 9 heteroatoms. The van der Waals surface area contributed by atoms with Crippen molar-refractivity contribution in [2.24, 2.45) is 0 Å². The van der Waals surface area contributed by atoms with Crippen LogP contribution in [0.15, 0.2) is 91.0 Å². The Hall–Kier alpha value is -4.92. The standard InChI is InChI=1S/C38H28F8O/c1-2-3-4-5-23-8-14-28(15-9-23)38(45,46)47-29-21-33(40)31(34(41)22-29)16-10-24-6-11-25(12-7-24)26-13-17-30(32(39)18-26)27-19-35(42)37(44)36(43)20-27/h6-22H,2-5H2,1H3/b16-10+. The summed E-state index contributed by atoms with van der Waals surface area (Å²) < 4.78 is 119. The molecule has 0 fully saturated rings. The molecule has 1 nitrogen and oxygen atoms in total. The van der Waals surface area contributed by atoms with Crippen molar-refractivity contribution < 1.29 is 39.9 Å². The maximum atomic E-state index is 14.8. The Kier molecular flexibility index (Phi) is 10.1. The maximum Gasteiger partial charge on any atom is 0.426 e. The van der Waals surface area contributed by atoms with Crippen LogP contribution in [0.2, 0.25) is 0 Å². The third-order valence-electron chi connectivity index (χ3n) is 7.61. The largest absolute Gasteiger partial charge is 0.429 e. The molecule has 5 aromatic rings. The van der Waals surface area contributed by atoms with Crippen LogP contribution in [0, 0.1) is 34.9 Å². The third-order valence-corrected chi connectivity index (χ3v) is 7.61. The quantitative estimate of drug-likeness (QED) is 0.0597. The molecule has 47 heavy (non-hydrogen) atoms. The van der Waals surface area contributed by atoms with Gasteiger partial charge in [-0.15, -0.1) is 0 Å². The van der Waals surface area contributed by atoms with Gasteiger partial charge in [0.25, 0.3) is 0 Å². The molecule has 0 bridgehead atoms. The molecule has 0 aliphatic carbocycles. The summed E-state index contributed by atoms with van der Waals surface area (Å²) in [4.78, 5) is 0. The van der Waals surface area contributed by atoms with Gasteiger partial charge in [-0.1, -0.05) is 74.4 Å². The average Bonchev–Trinajstić information content (AvgIpc) is 3.03. The Morgan fingerprint density at radius 3 is 1.79 bits per heavy atom. The van der Waals surface area contributed by atoms with Gasteiger partial charge < -0.3 is 4.74 Å². The zero-order valence-electron chi connectivity index (χ0n) is 25.1. The lowest BCUT2D eigenvalue weighted by molar-refractivity contribution is -0.185. The molecule has 0 spiro atoms. The Balaban J connectivity index is 1.26. The van der Waals surface area contributed by atoms with Gasteiger partial charge in [-0.2, -0.15) is 8.78 Å². The number of aryl methyl sites for hydroxylation is 1. The Bertz CT molecular complexity index is 1850. The molecule has 0 aliphatic heterocycles. The highest BCUT2D eigenvalue weighted by Crippen LogP contribution is 2.34. The molecule has 0 atom stereocenters. The zero-order chi connectivity index (χ0) is 33.7. The molecule has 0 saturated carbocycles. The van der Waals surface area contributed by atoms with Crippen LogP contribution in [-0.2, 0) is 12.5 Å². The summed E-state index contributed by atoms with van der Waals surface area (Å²) >= 11 is 0. The smallest absolute Gasteiger partial charge is 0.426 e. The van der Waals surface area contributed by atoms with Crippen LogP contribution < -0.4 is 4.74 Å². The molecule has 0 amide bonds. The summed E-state index contributed by atoms with van der Waals surface area (Å²) in [5, 5.41) is 0. The van der Waals surface area contributed by atoms with Crippen LogP contribution in [0.3, 0.4) is 0 Å². The number of benzene rings is 5. The molecule has 242 valence electrons. The summed E-state index contributed by atoms with van der Waals surface area (Å²) in [6, 6.07) is 18.8. The van der Waals surface area contributed by atoms with Crippen molar-refractivity contribution in [2.45, 2.75) is 38.7 Å². The van der Waals surface area contributed by atoms with E-state index < -0.39 is 57.9 Å². The zero-order valence-corrected chi connectivity index (χ0v) is 25.1. The normalized spacial score (nSPS) is 11.8. The van der Waals surface area contributed by atoms with E-state index in [1.54, 1.807) is 36.4 Å². The first-order valence-corrected chi connectivity index (χ1v) is 14.8. The average molecular weight is 653 g/mol. The van der Waals surface area contributed by atoms with E-state index in [4.69, 9.17) is 4.74 Å². The fraction of sp³-hybridized carbons (Fsp3) is 0.158. The second-order valence-electron chi connectivity index (χ2n) is 11.0. The van der Waals surface area contributed by atoms with Gasteiger partial charge >= 0.3 is 6.11 Å². The Morgan fingerprint density at radius 2 is 1.19 bits per heavy atom. The number of hydrogen-bond acceptors (Lipinski definition) is 1. The van der Waals surface area contributed by atoms with E-state index in [1.807, 2.05) is 0 Å². The van der Waals surface area contributed by atoms with E-state index >= 15 is 0 Å². The van der Waals surface area contributed by atoms with Crippen LogP contribution in [-0.4, -0.2) is 0 Å². The minimum absolute atomic E-state index is 0.123. The van der Waals surface area contributed by atoms with Crippen molar-refractivity contribution in [1.82, 2.24) is 0 Å². The van der Waals surface area contributed by atoms with Crippen LogP contribution in [0.5, 0.6) is 5.75 Å². The number of rotatable bonds is 11. The molecule has 0 saturated heterocycles. The van der Waals surface area contributed by atoms with Crippen molar-refractivity contribution in [3.05, 3.63) is 148 Å². The molecule has 0 radical (unpaired) electrons. The predicted octanol–water partition coefficient (Wildman–Crippen LogP) is 11.9. The van der Waals surface area contributed by atoms with Crippen LogP contribution in [0.1, 0.15) is 48.4 Å². The van der Waals surface area contributed by atoms with Crippen LogP contribution in [0.4, 0.5) is 35.1 Å². The van der Waals surface area contributed by atoms with Crippen LogP contribution >= 0.6 is 0 Å². The highest BCUT2D eigenvalue weighted by molar-refractivity contribution is 5.74. The fourth-order valence-corrected chi connectivity index (χ4v) is 5.04. The number of unbranched alkanes of at least 4 members (excludes halogenated alkanes) is 2. The number of ether oxygens (including phenoxy) is 1.